The van der Waals surface area contributed by atoms with Crippen LogP contribution in [-0.4, -0.2) is 30.2 Å². The van der Waals surface area contributed by atoms with Crippen molar-refractivity contribution in [2.24, 2.45) is 0 Å². The second kappa shape index (κ2) is 7.14. The average Bonchev–Trinajstić information content (AvgIpc) is 3.30. The third-order valence-electron chi connectivity index (χ3n) is 4.90. The smallest absolute Gasteiger partial charge is 0.259 e. The molecule has 0 fully saturated rings. The van der Waals surface area contributed by atoms with Crippen LogP contribution in [0.1, 0.15) is 34.7 Å². The molecule has 9 heteroatoms. The van der Waals surface area contributed by atoms with Gasteiger partial charge in [0, 0.05) is 4.88 Å². The Morgan fingerprint density at radius 1 is 1.29 bits per heavy atom. The average molecular weight is 411 g/mol. The monoisotopic (exact) mass is 410 g/mol. The first kappa shape index (κ1) is 17.6. The highest BCUT2D eigenvalue weighted by molar-refractivity contribution is 7.98. The predicted molar refractivity (Wildman–Crippen MR) is 110 cm³/mol. The van der Waals surface area contributed by atoms with Gasteiger partial charge in [-0.15, -0.1) is 16.4 Å². The van der Waals surface area contributed by atoms with Crippen molar-refractivity contribution in [3.8, 4) is 5.69 Å². The van der Waals surface area contributed by atoms with Crippen LogP contribution in [0.25, 0.3) is 15.9 Å². The summed E-state index contributed by atoms with van der Waals surface area (Å²) in [6, 6.07) is 8.01. The van der Waals surface area contributed by atoms with Crippen molar-refractivity contribution in [3.05, 3.63) is 56.4 Å². The summed E-state index contributed by atoms with van der Waals surface area (Å²) in [5.41, 5.74) is 3.23. The Hall–Kier alpha value is -2.52. The molecule has 1 aromatic carbocycles. The van der Waals surface area contributed by atoms with Gasteiger partial charge in [0.25, 0.3) is 5.56 Å². The number of thioether (sulfide) groups is 1. The van der Waals surface area contributed by atoms with E-state index in [9.17, 15) is 4.79 Å². The van der Waals surface area contributed by atoms with E-state index in [0.717, 1.165) is 40.7 Å². The highest BCUT2D eigenvalue weighted by Gasteiger charge is 2.20. The lowest BCUT2D eigenvalue weighted by molar-refractivity contribution is 0.700. The Labute approximate surface area is 169 Å². The van der Waals surface area contributed by atoms with E-state index in [0.29, 0.717) is 16.7 Å². The largest absolute Gasteiger partial charge is 0.309 e. The van der Waals surface area contributed by atoms with Crippen LogP contribution in [0, 0.1) is 6.92 Å². The molecule has 1 aliphatic rings. The number of benzene rings is 1. The number of tetrazole rings is 1. The molecule has 0 bridgehead atoms. The summed E-state index contributed by atoms with van der Waals surface area (Å²) in [7, 11) is 0. The fraction of sp³-hybridized carbons (Fsp3) is 0.316. The standard InChI is InChI=1S/C19H18N6OS2/c1-11-5-4-6-12(9-11)25-19(22-23-24-25)27-10-15-20-17(26)16-13-7-2-3-8-14(13)28-18(16)21-15/h4-6,9H,2-3,7-8,10H2,1H3,(H,20,21,26). The minimum absolute atomic E-state index is 0.0294. The van der Waals surface area contributed by atoms with Gasteiger partial charge in [0.05, 0.1) is 16.8 Å². The molecule has 0 saturated carbocycles. The highest BCUT2D eigenvalue weighted by atomic mass is 32.2. The summed E-state index contributed by atoms with van der Waals surface area (Å²) in [4.78, 5) is 22.5. The van der Waals surface area contributed by atoms with Gasteiger partial charge in [-0.05, 0) is 66.3 Å². The van der Waals surface area contributed by atoms with Gasteiger partial charge in [0.1, 0.15) is 10.7 Å². The van der Waals surface area contributed by atoms with Crippen LogP contribution in [0.2, 0.25) is 0 Å². The van der Waals surface area contributed by atoms with Gasteiger partial charge in [-0.25, -0.2) is 4.98 Å². The number of hydrogen-bond acceptors (Lipinski definition) is 7. The molecule has 5 rings (SSSR count). The molecule has 28 heavy (non-hydrogen) atoms. The van der Waals surface area contributed by atoms with Crippen molar-refractivity contribution in [1.82, 2.24) is 30.2 Å². The van der Waals surface area contributed by atoms with Gasteiger partial charge in [-0.1, -0.05) is 23.9 Å². The first-order chi connectivity index (χ1) is 13.7. The van der Waals surface area contributed by atoms with E-state index >= 15 is 0 Å². The van der Waals surface area contributed by atoms with E-state index in [1.165, 1.54) is 28.6 Å². The van der Waals surface area contributed by atoms with Crippen molar-refractivity contribution in [2.75, 3.05) is 0 Å². The van der Waals surface area contributed by atoms with E-state index in [2.05, 4.69) is 20.5 Å². The molecule has 4 aromatic rings. The zero-order valence-corrected chi connectivity index (χ0v) is 16.9. The van der Waals surface area contributed by atoms with Crippen LogP contribution in [0.15, 0.2) is 34.2 Å². The molecule has 0 amide bonds. The lowest BCUT2D eigenvalue weighted by atomic mass is 9.97. The molecule has 0 atom stereocenters. The van der Waals surface area contributed by atoms with Crippen LogP contribution in [0.3, 0.4) is 0 Å². The minimum Gasteiger partial charge on any atom is -0.309 e. The topological polar surface area (TPSA) is 89.3 Å². The van der Waals surface area contributed by atoms with Gasteiger partial charge in [0.2, 0.25) is 5.16 Å². The van der Waals surface area contributed by atoms with Crippen molar-refractivity contribution in [3.63, 3.8) is 0 Å². The van der Waals surface area contributed by atoms with E-state index < -0.39 is 0 Å². The summed E-state index contributed by atoms with van der Waals surface area (Å²) in [5, 5.41) is 13.5. The van der Waals surface area contributed by atoms with Crippen molar-refractivity contribution in [1.29, 1.82) is 0 Å². The molecule has 1 N–H and O–H groups in total. The van der Waals surface area contributed by atoms with Crippen molar-refractivity contribution < 1.29 is 0 Å². The maximum absolute atomic E-state index is 12.7. The number of aromatic amines is 1. The lowest BCUT2D eigenvalue weighted by Gasteiger charge is -2.09. The first-order valence-electron chi connectivity index (χ1n) is 9.21. The fourth-order valence-electron chi connectivity index (χ4n) is 3.60. The lowest BCUT2D eigenvalue weighted by Crippen LogP contribution is -2.12. The number of rotatable bonds is 4. The fourth-order valence-corrected chi connectivity index (χ4v) is 5.64. The molecular weight excluding hydrogens is 392 g/mol. The predicted octanol–water partition coefficient (Wildman–Crippen LogP) is 3.44. The molecule has 7 nitrogen and oxygen atoms in total. The number of hydrogen-bond donors (Lipinski definition) is 1. The van der Waals surface area contributed by atoms with E-state index in [-0.39, 0.29) is 5.56 Å². The van der Waals surface area contributed by atoms with Crippen LogP contribution < -0.4 is 5.56 Å². The number of nitrogens with zero attached hydrogens (tertiary/aromatic N) is 5. The number of H-pyrrole nitrogens is 1. The third kappa shape index (κ3) is 3.14. The SMILES string of the molecule is Cc1cccc(-n2nnnc2SCc2nc3sc4c(c3c(=O)[nH]2)CCCC4)c1. The molecule has 0 aliphatic heterocycles. The van der Waals surface area contributed by atoms with Crippen LogP contribution in [-0.2, 0) is 18.6 Å². The maximum Gasteiger partial charge on any atom is 0.259 e. The number of aromatic nitrogens is 6. The van der Waals surface area contributed by atoms with E-state index in [1.54, 1.807) is 16.0 Å². The first-order valence-corrected chi connectivity index (χ1v) is 11.0. The van der Waals surface area contributed by atoms with Crippen LogP contribution >= 0.6 is 23.1 Å². The second-order valence-corrected chi connectivity index (χ2v) is 8.93. The molecule has 0 unspecified atom stereocenters. The molecule has 3 heterocycles. The third-order valence-corrected chi connectivity index (χ3v) is 7.02. The Morgan fingerprint density at radius 3 is 3.07 bits per heavy atom. The zero-order valence-electron chi connectivity index (χ0n) is 15.3. The van der Waals surface area contributed by atoms with Crippen LogP contribution in [0.4, 0.5) is 0 Å². The Bertz CT molecular complexity index is 1220. The summed E-state index contributed by atoms with van der Waals surface area (Å²) in [5.74, 6) is 1.15. The van der Waals surface area contributed by atoms with E-state index in [4.69, 9.17) is 4.98 Å². The Kier molecular flexibility index (Phi) is 4.48. The number of aryl methyl sites for hydroxylation is 3. The van der Waals surface area contributed by atoms with E-state index in [1.807, 2.05) is 31.2 Å². The van der Waals surface area contributed by atoms with Crippen LogP contribution in [0.5, 0.6) is 0 Å². The summed E-state index contributed by atoms with van der Waals surface area (Å²) in [6.07, 6.45) is 4.39. The molecule has 3 aromatic heterocycles. The molecular formula is C19H18N6OS2. The van der Waals surface area contributed by atoms with Gasteiger partial charge >= 0.3 is 0 Å². The molecule has 0 radical (unpaired) electrons. The summed E-state index contributed by atoms with van der Waals surface area (Å²) < 4.78 is 1.71. The number of thiophene rings is 1. The number of nitrogens with one attached hydrogen (secondary N) is 1. The number of fused-ring (bicyclic) bond motifs is 3. The maximum atomic E-state index is 12.7. The summed E-state index contributed by atoms with van der Waals surface area (Å²) >= 11 is 3.13. The normalized spacial score (nSPS) is 13.8. The molecule has 0 saturated heterocycles. The molecule has 0 spiro atoms. The molecule has 142 valence electrons. The quantitative estimate of drug-likeness (QED) is 0.519. The summed E-state index contributed by atoms with van der Waals surface area (Å²) in [6.45, 7) is 2.03. The Morgan fingerprint density at radius 2 is 2.18 bits per heavy atom. The van der Waals surface area contributed by atoms with Gasteiger partial charge in [-0.3, -0.25) is 4.79 Å². The minimum atomic E-state index is -0.0294. The van der Waals surface area contributed by atoms with Gasteiger partial charge in [-0.2, -0.15) is 4.68 Å². The van der Waals surface area contributed by atoms with Crippen molar-refractivity contribution >= 4 is 33.3 Å². The van der Waals surface area contributed by atoms with Gasteiger partial charge < -0.3 is 4.98 Å². The second-order valence-electron chi connectivity index (χ2n) is 6.90. The Balaban J connectivity index is 1.43. The molecule has 1 aliphatic carbocycles. The van der Waals surface area contributed by atoms with Gasteiger partial charge in [0.15, 0.2) is 0 Å². The zero-order chi connectivity index (χ0) is 19.1. The van der Waals surface area contributed by atoms with Crippen molar-refractivity contribution in [2.45, 2.75) is 43.5 Å². The highest BCUT2D eigenvalue weighted by Crippen LogP contribution is 2.33.